The highest BCUT2D eigenvalue weighted by Crippen LogP contribution is 2.41. The van der Waals surface area contributed by atoms with Gasteiger partial charge in [0, 0.05) is 11.8 Å². The summed E-state index contributed by atoms with van der Waals surface area (Å²) in [6, 6.07) is 16.4. The number of fused-ring (bicyclic) bond motifs is 2. The molecule has 0 aliphatic heterocycles. The van der Waals surface area contributed by atoms with Crippen molar-refractivity contribution < 1.29 is 22.1 Å². The van der Waals surface area contributed by atoms with Crippen LogP contribution < -0.4 is 0 Å². The molecule has 1 unspecified atom stereocenters. The van der Waals surface area contributed by atoms with E-state index >= 15 is 0 Å². The third kappa shape index (κ3) is 5.92. The van der Waals surface area contributed by atoms with E-state index in [1.165, 1.54) is 11.1 Å². The molecule has 0 bridgehead atoms. The second-order valence-corrected chi connectivity index (χ2v) is 10.6. The minimum Gasteiger partial charge on any atom is -0.460 e. The van der Waals surface area contributed by atoms with Gasteiger partial charge in [-0.3, -0.25) is 8.98 Å². The fourth-order valence-corrected chi connectivity index (χ4v) is 4.58. The predicted octanol–water partition coefficient (Wildman–Crippen LogP) is 4.24. The fourth-order valence-electron chi connectivity index (χ4n) is 4.16. The molecule has 2 aromatic rings. The number of carbonyl (C=O) groups is 1. The van der Waals surface area contributed by atoms with Crippen molar-refractivity contribution in [3.63, 3.8) is 0 Å². The standard InChI is InChI=1S/C24H30O5S/c1-24(2,3)29-22(25)15-19(16-28-30(4,26)27)23-20-11-7-5-9-17(20)13-14-18-10-6-8-12-21(18)23/h5-12,19,23H,13-16H2,1-4H3. The first kappa shape index (κ1) is 22.5. The number of ether oxygens (including phenoxy) is 1. The Morgan fingerprint density at radius 3 is 1.97 bits per heavy atom. The molecule has 162 valence electrons. The third-order valence-electron chi connectivity index (χ3n) is 5.26. The van der Waals surface area contributed by atoms with Gasteiger partial charge in [-0.25, -0.2) is 0 Å². The molecule has 6 heteroatoms. The quantitative estimate of drug-likeness (QED) is 0.506. The van der Waals surface area contributed by atoms with E-state index in [1.54, 1.807) is 0 Å². The van der Waals surface area contributed by atoms with Gasteiger partial charge in [0.05, 0.1) is 19.3 Å². The van der Waals surface area contributed by atoms with Gasteiger partial charge in [0.15, 0.2) is 0 Å². The summed E-state index contributed by atoms with van der Waals surface area (Å²) in [5.41, 5.74) is 4.05. The van der Waals surface area contributed by atoms with Crippen molar-refractivity contribution in [2.24, 2.45) is 5.92 Å². The summed E-state index contributed by atoms with van der Waals surface area (Å²) in [4.78, 5) is 12.7. The molecule has 0 saturated carbocycles. The van der Waals surface area contributed by atoms with Crippen LogP contribution in [-0.4, -0.2) is 32.9 Å². The molecule has 1 aliphatic rings. The molecule has 3 rings (SSSR count). The Hall–Kier alpha value is -2.18. The highest BCUT2D eigenvalue weighted by Gasteiger charge is 2.34. The molecular formula is C24H30O5S. The largest absolute Gasteiger partial charge is 0.460 e. The van der Waals surface area contributed by atoms with Crippen LogP contribution in [0.3, 0.4) is 0 Å². The maximum absolute atomic E-state index is 12.7. The number of hydrogen-bond acceptors (Lipinski definition) is 5. The van der Waals surface area contributed by atoms with Crippen molar-refractivity contribution in [1.29, 1.82) is 0 Å². The van der Waals surface area contributed by atoms with Crippen LogP contribution in [0.4, 0.5) is 0 Å². The predicted molar refractivity (Wildman–Crippen MR) is 117 cm³/mol. The van der Waals surface area contributed by atoms with E-state index < -0.39 is 15.7 Å². The molecule has 0 N–H and O–H groups in total. The molecule has 0 spiro atoms. The zero-order valence-electron chi connectivity index (χ0n) is 18.1. The average Bonchev–Trinajstić information content (AvgIpc) is 2.80. The summed E-state index contributed by atoms with van der Waals surface area (Å²) < 4.78 is 34.3. The third-order valence-corrected chi connectivity index (χ3v) is 5.82. The summed E-state index contributed by atoms with van der Waals surface area (Å²) in [5, 5.41) is 0. The second-order valence-electron chi connectivity index (χ2n) is 8.91. The zero-order valence-corrected chi connectivity index (χ0v) is 18.9. The molecule has 0 fully saturated rings. The average molecular weight is 431 g/mol. The van der Waals surface area contributed by atoms with Gasteiger partial charge in [-0.2, -0.15) is 8.42 Å². The summed E-state index contributed by atoms with van der Waals surface area (Å²) in [5.74, 6) is -0.895. The number of aryl methyl sites for hydroxylation is 2. The van der Waals surface area contributed by atoms with Gasteiger partial charge in [0.1, 0.15) is 5.60 Å². The summed E-state index contributed by atoms with van der Waals surface area (Å²) in [6.45, 7) is 5.39. The van der Waals surface area contributed by atoms with Crippen LogP contribution in [-0.2, 0) is 36.7 Å². The van der Waals surface area contributed by atoms with Crippen LogP contribution in [0.5, 0.6) is 0 Å². The molecular weight excluding hydrogens is 400 g/mol. The van der Waals surface area contributed by atoms with Crippen molar-refractivity contribution in [3.8, 4) is 0 Å². The van der Waals surface area contributed by atoms with Crippen molar-refractivity contribution in [1.82, 2.24) is 0 Å². The van der Waals surface area contributed by atoms with Crippen LogP contribution in [0.2, 0.25) is 0 Å². The number of carbonyl (C=O) groups excluding carboxylic acids is 1. The van der Waals surface area contributed by atoms with Crippen LogP contribution in [0.25, 0.3) is 0 Å². The summed E-state index contributed by atoms with van der Waals surface area (Å²) in [6.07, 6.45) is 2.90. The maximum Gasteiger partial charge on any atom is 0.306 e. The Morgan fingerprint density at radius 1 is 1.00 bits per heavy atom. The van der Waals surface area contributed by atoms with Gasteiger partial charge < -0.3 is 4.74 Å². The van der Waals surface area contributed by atoms with Crippen LogP contribution in [0.1, 0.15) is 55.4 Å². The van der Waals surface area contributed by atoms with E-state index in [0.717, 1.165) is 30.2 Å². The normalized spacial score (nSPS) is 15.6. The van der Waals surface area contributed by atoms with Crippen molar-refractivity contribution in [2.75, 3.05) is 12.9 Å². The number of benzene rings is 2. The lowest BCUT2D eigenvalue weighted by Gasteiger charge is -2.30. The molecule has 5 nitrogen and oxygen atoms in total. The molecule has 0 aromatic heterocycles. The van der Waals surface area contributed by atoms with Gasteiger partial charge in [0.2, 0.25) is 0 Å². The highest BCUT2D eigenvalue weighted by molar-refractivity contribution is 7.85. The molecule has 30 heavy (non-hydrogen) atoms. The van der Waals surface area contributed by atoms with Crippen molar-refractivity contribution >= 4 is 16.1 Å². The molecule has 1 aliphatic carbocycles. The Morgan fingerprint density at radius 2 is 1.50 bits per heavy atom. The van der Waals surface area contributed by atoms with Gasteiger partial charge in [-0.1, -0.05) is 48.5 Å². The smallest absolute Gasteiger partial charge is 0.306 e. The van der Waals surface area contributed by atoms with Crippen LogP contribution in [0, 0.1) is 5.92 Å². The van der Waals surface area contributed by atoms with Gasteiger partial charge in [-0.15, -0.1) is 0 Å². The molecule has 0 radical (unpaired) electrons. The minimum absolute atomic E-state index is 0.0696. The van der Waals surface area contributed by atoms with E-state index in [2.05, 4.69) is 24.3 Å². The van der Waals surface area contributed by atoms with Gasteiger partial charge in [0.25, 0.3) is 10.1 Å². The van der Waals surface area contributed by atoms with Gasteiger partial charge >= 0.3 is 5.97 Å². The first-order valence-electron chi connectivity index (χ1n) is 10.3. The topological polar surface area (TPSA) is 69.7 Å². The summed E-state index contributed by atoms with van der Waals surface area (Å²) in [7, 11) is -3.64. The van der Waals surface area contributed by atoms with E-state index in [9.17, 15) is 13.2 Å². The molecule has 0 amide bonds. The first-order valence-corrected chi connectivity index (χ1v) is 12.1. The molecule has 2 aromatic carbocycles. The Balaban J connectivity index is 2.05. The molecule has 0 heterocycles. The molecule has 1 atom stereocenters. The Kier molecular flexibility index (Phi) is 6.68. The van der Waals surface area contributed by atoms with E-state index in [-0.39, 0.29) is 30.8 Å². The van der Waals surface area contributed by atoms with Crippen molar-refractivity contribution in [3.05, 3.63) is 70.8 Å². The minimum atomic E-state index is -3.64. The zero-order chi connectivity index (χ0) is 21.9. The van der Waals surface area contributed by atoms with Gasteiger partial charge in [-0.05, 0) is 55.9 Å². The monoisotopic (exact) mass is 430 g/mol. The number of esters is 1. The van der Waals surface area contributed by atoms with E-state index in [0.29, 0.717) is 0 Å². The van der Waals surface area contributed by atoms with E-state index in [4.69, 9.17) is 8.92 Å². The second kappa shape index (κ2) is 8.90. The lowest BCUT2D eigenvalue weighted by atomic mass is 9.77. The maximum atomic E-state index is 12.7. The SMILES string of the molecule is CC(C)(C)OC(=O)CC(COS(C)(=O)=O)C1c2ccccc2CCc2ccccc21. The number of hydrogen-bond donors (Lipinski definition) is 0. The number of rotatable bonds is 6. The fraction of sp³-hybridized carbons (Fsp3) is 0.458. The Labute approximate surface area is 179 Å². The van der Waals surface area contributed by atoms with Crippen molar-refractivity contribution in [2.45, 2.75) is 51.6 Å². The first-order chi connectivity index (χ1) is 14.0. The highest BCUT2D eigenvalue weighted by atomic mass is 32.2. The van der Waals surface area contributed by atoms with Crippen LogP contribution >= 0.6 is 0 Å². The van der Waals surface area contributed by atoms with E-state index in [1.807, 2.05) is 45.0 Å². The Bertz CT molecular complexity index is 957. The summed E-state index contributed by atoms with van der Waals surface area (Å²) >= 11 is 0. The lowest BCUT2D eigenvalue weighted by Crippen LogP contribution is -2.29. The molecule has 0 saturated heterocycles. The van der Waals surface area contributed by atoms with Crippen LogP contribution in [0.15, 0.2) is 48.5 Å². The lowest BCUT2D eigenvalue weighted by molar-refractivity contribution is -0.156.